The van der Waals surface area contributed by atoms with Crippen molar-refractivity contribution in [1.82, 2.24) is 20.2 Å². The third-order valence-electron chi connectivity index (χ3n) is 5.66. The molecule has 31 heavy (non-hydrogen) atoms. The van der Waals surface area contributed by atoms with Crippen LogP contribution in [-0.4, -0.2) is 58.9 Å². The highest BCUT2D eigenvalue weighted by Gasteiger charge is 2.31. The lowest BCUT2D eigenvalue weighted by atomic mass is 9.86. The lowest BCUT2D eigenvalue weighted by Gasteiger charge is -2.37. The van der Waals surface area contributed by atoms with E-state index in [0.717, 1.165) is 0 Å². The largest absolute Gasteiger partial charge is 0.340 e. The fraction of sp³-hybridized carbons (Fsp3) is 0.500. The van der Waals surface area contributed by atoms with Crippen LogP contribution in [0.5, 0.6) is 0 Å². The maximum absolute atomic E-state index is 13.2. The zero-order valence-corrected chi connectivity index (χ0v) is 19.1. The SMILES string of the molecule is CC(C)[C@@H](NC(=O)c1ccc(C(C)(C)C)cc1)C(=O)N1CCN(c2ncccn2)CC1. The number of carbonyl (C=O) groups excluding carboxylic acids is 2. The maximum Gasteiger partial charge on any atom is 0.251 e. The van der Waals surface area contributed by atoms with E-state index in [0.29, 0.717) is 37.7 Å². The Hall–Kier alpha value is -2.96. The molecule has 0 bridgehead atoms. The second kappa shape index (κ2) is 9.45. The predicted octanol–water partition coefficient (Wildman–Crippen LogP) is 2.88. The molecule has 0 saturated carbocycles. The van der Waals surface area contributed by atoms with E-state index in [1.165, 1.54) is 5.56 Å². The number of carbonyl (C=O) groups is 2. The second-order valence-corrected chi connectivity index (χ2v) is 9.38. The number of aromatic nitrogens is 2. The molecule has 1 aromatic carbocycles. The van der Waals surface area contributed by atoms with E-state index in [-0.39, 0.29) is 23.1 Å². The highest BCUT2D eigenvalue weighted by Crippen LogP contribution is 2.22. The first-order valence-corrected chi connectivity index (χ1v) is 10.9. The number of rotatable bonds is 5. The Morgan fingerprint density at radius 3 is 2.06 bits per heavy atom. The molecule has 1 fully saturated rings. The van der Waals surface area contributed by atoms with Gasteiger partial charge in [-0.15, -0.1) is 0 Å². The van der Waals surface area contributed by atoms with Crippen molar-refractivity contribution in [3.8, 4) is 0 Å². The molecule has 2 heterocycles. The Balaban J connectivity index is 1.62. The van der Waals surface area contributed by atoms with Crippen molar-refractivity contribution in [2.45, 2.75) is 46.1 Å². The molecule has 2 amide bonds. The van der Waals surface area contributed by atoms with E-state index in [4.69, 9.17) is 0 Å². The number of nitrogens with one attached hydrogen (secondary N) is 1. The van der Waals surface area contributed by atoms with Crippen LogP contribution in [0.3, 0.4) is 0 Å². The van der Waals surface area contributed by atoms with Gasteiger partial charge in [0, 0.05) is 44.1 Å². The molecule has 0 spiro atoms. The number of nitrogens with zero attached hydrogens (tertiary/aromatic N) is 4. The Bertz CT molecular complexity index is 882. The average molecular weight is 424 g/mol. The molecule has 2 aromatic rings. The minimum Gasteiger partial charge on any atom is -0.340 e. The van der Waals surface area contributed by atoms with Gasteiger partial charge in [-0.3, -0.25) is 9.59 Å². The van der Waals surface area contributed by atoms with Crippen LogP contribution >= 0.6 is 0 Å². The molecule has 0 radical (unpaired) electrons. The van der Waals surface area contributed by atoms with E-state index in [9.17, 15) is 9.59 Å². The maximum atomic E-state index is 13.2. The van der Waals surface area contributed by atoms with Crippen LogP contribution in [0.15, 0.2) is 42.7 Å². The predicted molar refractivity (Wildman–Crippen MR) is 122 cm³/mol. The molecule has 166 valence electrons. The van der Waals surface area contributed by atoms with Crippen molar-refractivity contribution >= 4 is 17.8 Å². The van der Waals surface area contributed by atoms with Gasteiger partial charge in [-0.1, -0.05) is 46.8 Å². The molecule has 1 aliphatic rings. The number of anilines is 1. The summed E-state index contributed by atoms with van der Waals surface area (Å²) < 4.78 is 0. The second-order valence-electron chi connectivity index (χ2n) is 9.38. The molecule has 1 aromatic heterocycles. The van der Waals surface area contributed by atoms with Crippen LogP contribution in [0, 0.1) is 5.92 Å². The molecule has 1 atom stereocenters. The standard InChI is InChI=1S/C24H33N5O2/c1-17(2)20(27-21(30)18-7-9-19(10-8-18)24(3,4)5)22(31)28-13-15-29(16-14-28)23-25-11-6-12-26-23/h6-12,17,20H,13-16H2,1-5H3,(H,27,30)/t20-/m1/s1. The van der Waals surface area contributed by atoms with Crippen molar-refractivity contribution in [3.63, 3.8) is 0 Å². The monoisotopic (exact) mass is 423 g/mol. The van der Waals surface area contributed by atoms with Crippen LogP contribution in [0.4, 0.5) is 5.95 Å². The Kier molecular flexibility index (Phi) is 6.93. The molecular weight excluding hydrogens is 390 g/mol. The topological polar surface area (TPSA) is 78.4 Å². The summed E-state index contributed by atoms with van der Waals surface area (Å²) in [6, 6.07) is 8.84. The summed E-state index contributed by atoms with van der Waals surface area (Å²) in [5.41, 5.74) is 1.76. The normalized spacial score (nSPS) is 15.7. The first kappa shape index (κ1) is 22.7. The fourth-order valence-corrected chi connectivity index (χ4v) is 3.64. The summed E-state index contributed by atoms with van der Waals surface area (Å²) in [6.07, 6.45) is 3.44. The van der Waals surface area contributed by atoms with Gasteiger partial charge in [-0.2, -0.15) is 0 Å². The minimum atomic E-state index is -0.561. The summed E-state index contributed by atoms with van der Waals surface area (Å²) in [5.74, 6) is 0.412. The number of piperazine rings is 1. The van der Waals surface area contributed by atoms with Crippen LogP contribution in [0.25, 0.3) is 0 Å². The van der Waals surface area contributed by atoms with Crippen molar-refractivity contribution in [2.24, 2.45) is 5.92 Å². The van der Waals surface area contributed by atoms with Gasteiger partial charge >= 0.3 is 0 Å². The number of amides is 2. The zero-order valence-electron chi connectivity index (χ0n) is 19.1. The number of hydrogen-bond donors (Lipinski definition) is 1. The molecule has 7 nitrogen and oxygen atoms in total. The highest BCUT2D eigenvalue weighted by molar-refractivity contribution is 5.97. The summed E-state index contributed by atoms with van der Waals surface area (Å²) in [6.45, 7) is 12.8. The number of hydrogen-bond acceptors (Lipinski definition) is 5. The molecular formula is C24H33N5O2. The molecule has 1 N–H and O–H groups in total. The van der Waals surface area contributed by atoms with Gasteiger partial charge < -0.3 is 15.1 Å². The molecule has 1 saturated heterocycles. The lowest BCUT2D eigenvalue weighted by Crippen LogP contribution is -2.56. The summed E-state index contributed by atoms with van der Waals surface area (Å²) in [5, 5.41) is 2.96. The molecule has 1 aliphatic heterocycles. The first-order chi connectivity index (χ1) is 14.7. The average Bonchev–Trinajstić information content (AvgIpc) is 2.77. The third-order valence-corrected chi connectivity index (χ3v) is 5.66. The van der Waals surface area contributed by atoms with Crippen LogP contribution in [-0.2, 0) is 10.2 Å². The summed E-state index contributed by atoms with van der Waals surface area (Å²) in [4.78, 5) is 38.5. The smallest absolute Gasteiger partial charge is 0.251 e. The van der Waals surface area contributed by atoms with Crippen LogP contribution < -0.4 is 10.2 Å². The first-order valence-electron chi connectivity index (χ1n) is 10.9. The molecule has 0 aliphatic carbocycles. The van der Waals surface area contributed by atoms with E-state index in [2.05, 4.69) is 41.0 Å². The fourth-order valence-electron chi connectivity index (χ4n) is 3.64. The van der Waals surface area contributed by atoms with Crippen molar-refractivity contribution in [3.05, 3.63) is 53.9 Å². The van der Waals surface area contributed by atoms with Gasteiger partial charge in [0.2, 0.25) is 11.9 Å². The van der Waals surface area contributed by atoms with Crippen LogP contribution in [0.1, 0.15) is 50.5 Å². The molecule has 3 rings (SSSR count). The highest BCUT2D eigenvalue weighted by atomic mass is 16.2. The van der Waals surface area contributed by atoms with Crippen molar-refractivity contribution in [2.75, 3.05) is 31.1 Å². The summed E-state index contributed by atoms with van der Waals surface area (Å²) >= 11 is 0. The van der Waals surface area contributed by atoms with E-state index < -0.39 is 6.04 Å². The minimum absolute atomic E-state index is 0.0132. The van der Waals surface area contributed by atoms with Crippen LogP contribution in [0.2, 0.25) is 0 Å². The van der Waals surface area contributed by atoms with Gasteiger partial charge in [-0.25, -0.2) is 9.97 Å². The lowest BCUT2D eigenvalue weighted by molar-refractivity contribution is -0.134. The van der Waals surface area contributed by atoms with Gasteiger partial charge in [-0.05, 0) is 35.1 Å². The van der Waals surface area contributed by atoms with E-state index in [1.807, 2.05) is 43.0 Å². The van der Waals surface area contributed by atoms with E-state index >= 15 is 0 Å². The van der Waals surface area contributed by atoms with Gasteiger partial charge in [0.15, 0.2) is 0 Å². The Morgan fingerprint density at radius 2 is 1.55 bits per heavy atom. The van der Waals surface area contributed by atoms with Crippen molar-refractivity contribution in [1.29, 1.82) is 0 Å². The van der Waals surface area contributed by atoms with Gasteiger partial charge in [0.1, 0.15) is 6.04 Å². The Morgan fingerprint density at radius 1 is 0.968 bits per heavy atom. The Labute approximate surface area is 184 Å². The molecule has 7 heteroatoms. The van der Waals surface area contributed by atoms with Gasteiger partial charge in [0.25, 0.3) is 5.91 Å². The van der Waals surface area contributed by atoms with E-state index in [1.54, 1.807) is 18.5 Å². The third kappa shape index (κ3) is 5.60. The zero-order chi connectivity index (χ0) is 22.6. The van der Waals surface area contributed by atoms with Gasteiger partial charge in [0.05, 0.1) is 0 Å². The van der Waals surface area contributed by atoms with Crippen molar-refractivity contribution < 1.29 is 9.59 Å². The summed E-state index contributed by atoms with van der Waals surface area (Å²) in [7, 11) is 0. The quantitative estimate of drug-likeness (QED) is 0.800. The number of benzene rings is 1. The molecule has 0 unspecified atom stereocenters.